The van der Waals surface area contributed by atoms with Gasteiger partial charge in [-0.05, 0) is 24.6 Å². The first-order valence-corrected chi connectivity index (χ1v) is 8.12. The summed E-state index contributed by atoms with van der Waals surface area (Å²) in [5.41, 5.74) is 4.11. The smallest absolute Gasteiger partial charge is 0.180 e. The van der Waals surface area contributed by atoms with Crippen LogP contribution in [0.25, 0.3) is 27.8 Å². The lowest BCUT2D eigenvalue weighted by atomic mass is 10.1. The van der Waals surface area contributed by atoms with Crippen LogP contribution >= 0.6 is 0 Å². The van der Waals surface area contributed by atoms with Gasteiger partial charge < -0.3 is 15.0 Å². The number of H-pyrrole nitrogens is 1. The van der Waals surface area contributed by atoms with E-state index in [1.807, 2.05) is 18.6 Å². The lowest BCUT2D eigenvalue weighted by Gasteiger charge is -2.17. The van der Waals surface area contributed by atoms with Crippen LogP contribution in [-0.2, 0) is 0 Å². The fourth-order valence-corrected chi connectivity index (χ4v) is 3.49. The fraction of sp³-hybridized carbons (Fsp3) is 0.222. The number of imidazole rings is 1. The highest BCUT2D eigenvalue weighted by atomic mass is 16.3. The van der Waals surface area contributed by atoms with Crippen LogP contribution in [0.5, 0.6) is 0 Å². The van der Waals surface area contributed by atoms with Crippen molar-refractivity contribution in [3.05, 3.63) is 49.1 Å². The fourth-order valence-electron chi connectivity index (χ4n) is 3.49. The molecule has 1 aromatic carbocycles. The third kappa shape index (κ3) is 2.00. The number of hydrogen-bond donors (Lipinski definition) is 2. The number of nitrogens with one attached hydrogen (secondary N) is 1. The highest BCUT2D eigenvalue weighted by molar-refractivity contribution is 5.85. The van der Waals surface area contributed by atoms with Crippen molar-refractivity contribution in [3.8, 4) is 11.3 Å². The average molecular weight is 319 g/mol. The quantitative estimate of drug-likeness (QED) is 0.595. The number of benzene rings is 1. The Morgan fingerprint density at radius 1 is 1.21 bits per heavy atom. The van der Waals surface area contributed by atoms with E-state index >= 15 is 0 Å². The van der Waals surface area contributed by atoms with Gasteiger partial charge >= 0.3 is 0 Å². The molecule has 1 unspecified atom stereocenters. The molecule has 0 spiro atoms. The number of nitrogens with zero attached hydrogens (tertiary/aromatic N) is 4. The summed E-state index contributed by atoms with van der Waals surface area (Å²) in [6.07, 6.45) is 8.07. The number of anilines is 1. The maximum Gasteiger partial charge on any atom is 0.180 e. The van der Waals surface area contributed by atoms with E-state index in [1.54, 1.807) is 6.20 Å². The first-order chi connectivity index (χ1) is 11.8. The first kappa shape index (κ1) is 13.6. The van der Waals surface area contributed by atoms with Gasteiger partial charge in [-0.3, -0.25) is 4.40 Å². The number of aromatic amines is 1. The van der Waals surface area contributed by atoms with Crippen molar-refractivity contribution in [3.63, 3.8) is 0 Å². The summed E-state index contributed by atoms with van der Waals surface area (Å²) >= 11 is 0. The van der Waals surface area contributed by atoms with Crippen LogP contribution in [-0.4, -0.2) is 43.7 Å². The van der Waals surface area contributed by atoms with Crippen molar-refractivity contribution in [2.24, 2.45) is 0 Å². The zero-order valence-corrected chi connectivity index (χ0v) is 13.1. The minimum atomic E-state index is -0.280. The van der Waals surface area contributed by atoms with Crippen LogP contribution in [0.4, 0.5) is 5.82 Å². The molecule has 6 heteroatoms. The normalized spacial score (nSPS) is 18.0. The lowest BCUT2D eigenvalue weighted by molar-refractivity contribution is 0.198. The predicted molar refractivity (Wildman–Crippen MR) is 93.1 cm³/mol. The van der Waals surface area contributed by atoms with Gasteiger partial charge in [0.15, 0.2) is 11.5 Å². The molecule has 1 saturated heterocycles. The average Bonchev–Trinajstić information content (AvgIpc) is 3.32. The molecule has 4 heterocycles. The van der Waals surface area contributed by atoms with Gasteiger partial charge in [-0.1, -0.05) is 6.07 Å². The minimum Gasteiger partial charge on any atom is -0.391 e. The van der Waals surface area contributed by atoms with E-state index in [9.17, 15) is 5.11 Å². The van der Waals surface area contributed by atoms with Gasteiger partial charge in [0.1, 0.15) is 0 Å². The Balaban J connectivity index is 1.65. The second-order valence-corrected chi connectivity index (χ2v) is 6.26. The molecule has 2 N–H and O–H groups in total. The SMILES string of the molecule is OC1CCN(c2nccn3c(-c4ccc5[nH]ccc5c4)cnc23)C1. The summed E-state index contributed by atoms with van der Waals surface area (Å²) in [7, 11) is 0. The van der Waals surface area contributed by atoms with Gasteiger partial charge in [0.25, 0.3) is 0 Å². The Morgan fingerprint density at radius 2 is 2.17 bits per heavy atom. The van der Waals surface area contributed by atoms with Gasteiger partial charge in [0.05, 0.1) is 18.0 Å². The molecule has 0 amide bonds. The number of hydrogen-bond acceptors (Lipinski definition) is 4. The Labute approximate surface area is 138 Å². The molecule has 120 valence electrons. The zero-order valence-electron chi connectivity index (χ0n) is 13.1. The van der Waals surface area contributed by atoms with Gasteiger partial charge in [-0.25, -0.2) is 9.97 Å². The summed E-state index contributed by atoms with van der Waals surface area (Å²) < 4.78 is 2.07. The highest BCUT2D eigenvalue weighted by Gasteiger charge is 2.24. The molecule has 24 heavy (non-hydrogen) atoms. The Hall–Kier alpha value is -2.86. The van der Waals surface area contributed by atoms with Crippen LogP contribution in [0.3, 0.4) is 0 Å². The summed E-state index contributed by atoms with van der Waals surface area (Å²) in [5.74, 6) is 0.836. The van der Waals surface area contributed by atoms with Crippen LogP contribution in [0.15, 0.2) is 49.1 Å². The third-order valence-electron chi connectivity index (χ3n) is 4.72. The Kier molecular flexibility index (Phi) is 2.87. The molecule has 1 atom stereocenters. The number of aromatic nitrogens is 4. The van der Waals surface area contributed by atoms with Gasteiger partial charge in [-0.15, -0.1) is 0 Å². The molecule has 6 nitrogen and oxygen atoms in total. The van der Waals surface area contributed by atoms with Crippen molar-refractivity contribution >= 4 is 22.4 Å². The van der Waals surface area contributed by atoms with Crippen LogP contribution in [0, 0.1) is 0 Å². The standard InChI is InChI=1S/C18H17N5O/c24-14-4-7-22(11-14)17-18-21-10-16(23(18)8-6-20-17)13-1-2-15-12(9-13)3-5-19-15/h1-3,5-6,8-10,14,19,24H,4,7,11H2. The van der Waals surface area contributed by atoms with Crippen molar-refractivity contribution in [1.29, 1.82) is 0 Å². The molecular formula is C18H17N5O. The van der Waals surface area contributed by atoms with Gasteiger partial charge in [-0.2, -0.15) is 0 Å². The van der Waals surface area contributed by atoms with Crippen LogP contribution in [0.1, 0.15) is 6.42 Å². The molecule has 1 fully saturated rings. The molecule has 3 aromatic heterocycles. The van der Waals surface area contributed by atoms with E-state index in [1.165, 1.54) is 5.39 Å². The van der Waals surface area contributed by atoms with Crippen LogP contribution in [0.2, 0.25) is 0 Å². The van der Waals surface area contributed by atoms with E-state index in [4.69, 9.17) is 0 Å². The Morgan fingerprint density at radius 3 is 3.04 bits per heavy atom. The molecule has 1 aliphatic rings. The number of aliphatic hydroxyl groups excluding tert-OH is 1. The third-order valence-corrected chi connectivity index (χ3v) is 4.72. The molecule has 4 aromatic rings. The van der Waals surface area contributed by atoms with Crippen molar-refractivity contribution in [1.82, 2.24) is 19.4 Å². The highest BCUT2D eigenvalue weighted by Crippen LogP contribution is 2.28. The van der Waals surface area contributed by atoms with E-state index in [-0.39, 0.29) is 6.10 Å². The number of rotatable bonds is 2. The van der Waals surface area contributed by atoms with E-state index < -0.39 is 0 Å². The van der Waals surface area contributed by atoms with Gasteiger partial charge in [0.2, 0.25) is 0 Å². The second kappa shape index (κ2) is 5.07. The molecule has 0 aliphatic carbocycles. The van der Waals surface area contributed by atoms with E-state index in [2.05, 4.69) is 48.5 Å². The summed E-state index contributed by atoms with van der Waals surface area (Å²) in [6, 6.07) is 8.42. The minimum absolute atomic E-state index is 0.280. The maximum absolute atomic E-state index is 9.80. The maximum atomic E-state index is 9.80. The summed E-state index contributed by atoms with van der Waals surface area (Å²) in [4.78, 5) is 14.4. The lowest BCUT2D eigenvalue weighted by Crippen LogP contribution is -2.23. The van der Waals surface area contributed by atoms with Gasteiger partial charge in [0, 0.05) is 48.1 Å². The topological polar surface area (TPSA) is 69.4 Å². The van der Waals surface area contributed by atoms with Crippen molar-refractivity contribution < 1.29 is 5.11 Å². The van der Waals surface area contributed by atoms with E-state index in [0.717, 1.165) is 41.2 Å². The molecular weight excluding hydrogens is 302 g/mol. The Bertz CT molecular complexity index is 1030. The predicted octanol–water partition coefficient (Wildman–Crippen LogP) is 2.45. The van der Waals surface area contributed by atoms with Crippen molar-refractivity contribution in [2.45, 2.75) is 12.5 Å². The van der Waals surface area contributed by atoms with Crippen LogP contribution < -0.4 is 4.90 Å². The first-order valence-electron chi connectivity index (χ1n) is 8.12. The summed E-state index contributed by atoms with van der Waals surface area (Å²) in [5, 5.41) is 11.0. The molecule has 0 saturated carbocycles. The molecule has 1 aliphatic heterocycles. The second-order valence-electron chi connectivity index (χ2n) is 6.26. The summed E-state index contributed by atoms with van der Waals surface area (Å²) in [6.45, 7) is 1.43. The largest absolute Gasteiger partial charge is 0.391 e. The van der Waals surface area contributed by atoms with Crippen molar-refractivity contribution in [2.75, 3.05) is 18.0 Å². The molecule has 5 rings (SSSR count). The number of β-amino-alcohol motifs (C(OH)–C–C–N with tert-alkyl or cyclic N) is 1. The monoisotopic (exact) mass is 319 g/mol. The number of fused-ring (bicyclic) bond motifs is 2. The molecule has 0 bridgehead atoms. The van der Waals surface area contributed by atoms with E-state index in [0.29, 0.717) is 6.54 Å². The number of aliphatic hydroxyl groups is 1. The molecule has 0 radical (unpaired) electrons. The zero-order chi connectivity index (χ0) is 16.1.